The molecule has 0 bridgehead atoms. The van der Waals surface area contributed by atoms with Crippen LogP contribution in [0.3, 0.4) is 0 Å². The van der Waals surface area contributed by atoms with E-state index in [0.29, 0.717) is 41.3 Å². The molecule has 1 aromatic carbocycles. The zero-order chi connectivity index (χ0) is 24.0. The molecule has 0 unspecified atom stereocenters. The van der Waals surface area contributed by atoms with E-state index in [1.807, 2.05) is 19.0 Å². The number of aromatic nitrogens is 4. The molecule has 34 heavy (non-hydrogen) atoms. The third kappa shape index (κ3) is 4.19. The van der Waals surface area contributed by atoms with Crippen molar-refractivity contribution < 1.29 is 13.5 Å². The summed E-state index contributed by atoms with van der Waals surface area (Å²) in [5, 5.41) is 0.722. The number of fused-ring (bicyclic) bond motifs is 1. The van der Waals surface area contributed by atoms with E-state index in [2.05, 4.69) is 4.98 Å². The third-order valence-corrected chi connectivity index (χ3v) is 7.18. The van der Waals surface area contributed by atoms with E-state index in [-0.39, 0.29) is 23.1 Å². The van der Waals surface area contributed by atoms with Crippen LogP contribution in [0.15, 0.2) is 41.3 Å². The van der Waals surface area contributed by atoms with Gasteiger partial charge in [0.1, 0.15) is 22.2 Å². The highest BCUT2D eigenvalue weighted by atomic mass is 32.1. The summed E-state index contributed by atoms with van der Waals surface area (Å²) in [4.78, 5) is 27.8. The molecule has 0 N–H and O–H groups in total. The van der Waals surface area contributed by atoms with Crippen molar-refractivity contribution in [2.75, 3.05) is 25.6 Å². The monoisotopic (exact) mass is 483 g/mol. The van der Waals surface area contributed by atoms with Crippen molar-refractivity contribution in [3.05, 3.63) is 69.9 Å². The second-order valence-corrected chi connectivity index (χ2v) is 9.57. The molecule has 1 aliphatic heterocycles. The lowest BCUT2D eigenvalue weighted by atomic mass is 9.91. The molecule has 4 heterocycles. The van der Waals surface area contributed by atoms with E-state index < -0.39 is 11.6 Å². The molecule has 5 rings (SSSR count). The number of hydrogen-bond acceptors (Lipinski definition) is 7. The zero-order valence-electron chi connectivity index (χ0n) is 19.0. The van der Waals surface area contributed by atoms with Crippen molar-refractivity contribution in [1.29, 1.82) is 0 Å². The Morgan fingerprint density at radius 3 is 2.71 bits per heavy atom. The van der Waals surface area contributed by atoms with Gasteiger partial charge >= 0.3 is 0 Å². The van der Waals surface area contributed by atoms with Crippen LogP contribution >= 0.6 is 11.3 Å². The highest BCUT2D eigenvalue weighted by molar-refractivity contribution is 7.22. The molecule has 0 spiro atoms. The number of anilines is 1. The Hall–Kier alpha value is -3.24. The number of hydrogen-bond donors (Lipinski definition) is 0. The van der Waals surface area contributed by atoms with E-state index in [1.54, 1.807) is 19.3 Å². The smallest absolute Gasteiger partial charge is 0.250 e. The summed E-state index contributed by atoms with van der Waals surface area (Å²) in [6.07, 6.45) is 2.87. The Bertz CT molecular complexity index is 1430. The molecule has 2 atom stereocenters. The Morgan fingerprint density at radius 1 is 1.15 bits per heavy atom. The lowest BCUT2D eigenvalue weighted by Crippen LogP contribution is -2.22. The van der Waals surface area contributed by atoms with Crippen LogP contribution in [0.5, 0.6) is 0 Å². The van der Waals surface area contributed by atoms with Gasteiger partial charge in [-0.1, -0.05) is 11.3 Å². The minimum absolute atomic E-state index is 0.0489. The Kier molecular flexibility index (Phi) is 5.86. The van der Waals surface area contributed by atoms with Gasteiger partial charge < -0.3 is 14.2 Å². The second-order valence-electron chi connectivity index (χ2n) is 8.59. The van der Waals surface area contributed by atoms with Crippen molar-refractivity contribution in [2.45, 2.75) is 24.9 Å². The quantitative estimate of drug-likeness (QED) is 0.428. The van der Waals surface area contributed by atoms with Crippen LogP contribution in [0.1, 0.15) is 36.3 Å². The van der Waals surface area contributed by atoms with Crippen molar-refractivity contribution >= 4 is 26.8 Å². The average molecular weight is 484 g/mol. The van der Waals surface area contributed by atoms with Gasteiger partial charge in [-0.15, -0.1) is 0 Å². The van der Waals surface area contributed by atoms with Crippen molar-refractivity contribution in [3.63, 3.8) is 0 Å². The first kappa shape index (κ1) is 22.5. The predicted molar refractivity (Wildman–Crippen MR) is 127 cm³/mol. The number of halogens is 2. The molecule has 1 fully saturated rings. The summed E-state index contributed by atoms with van der Waals surface area (Å²) >= 11 is 1.37. The maximum atomic E-state index is 14.8. The molecule has 1 aliphatic rings. The lowest BCUT2D eigenvalue weighted by Gasteiger charge is -2.29. The number of aryl methyl sites for hydroxylation is 1. The van der Waals surface area contributed by atoms with Gasteiger partial charge in [0.15, 0.2) is 10.8 Å². The first-order chi connectivity index (χ1) is 16.3. The largest absolute Gasteiger partial charge is 0.373 e. The molecule has 3 aromatic heterocycles. The molecule has 0 aliphatic carbocycles. The van der Waals surface area contributed by atoms with E-state index in [1.165, 1.54) is 34.1 Å². The fourth-order valence-electron chi connectivity index (χ4n) is 4.14. The SMILES string of the molecule is CN(C)c1nc2nc([C@@H]3CCO[C@@H](c4ccc(=O)n(C)c4)C3)nc(-c3ccc(F)cc3F)c2s1. The van der Waals surface area contributed by atoms with Crippen LogP contribution in [0.2, 0.25) is 0 Å². The van der Waals surface area contributed by atoms with Gasteiger partial charge in [-0.05, 0) is 36.6 Å². The Labute approximate surface area is 198 Å². The van der Waals surface area contributed by atoms with Crippen molar-refractivity contribution in [2.24, 2.45) is 7.05 Å². The number of pyridine rings is 1. The summed E-state index contributed by atoms with van der Waals surface area (Å²) in [6, 6.07) is 6.80. The third-order valence-electron chi connectivity index (χ3n) is 5.96. The van der Waals surface area contributed by atoms with Gasteiger partial charge in [0.05, 0.1) is 11.8 Å². The summed E-state index contributed by atoms with van der Waals surface area (Å²) in [5.74, 6) is -0.817. The highest BCUT2D eigenvalue weighted by Crippen LogP contribution is 2.40. The fourth-order valence-corrected chi connectivity index (χ4v) is 5.07. The van der Waals surface area contributed by atoms with E-state index in [4.69, 9.17) is 14.7 Å². The first-order valence-corrected chi connectivity index (χ1v) is 11.7. The van der Waals surface area contributed by atoms with Gasteiger partial charge in [0, 0.05) is 57.6 Å². The summed E-state index contributed by atoms with van der Waals surface area (Å²) in [5.41, 5.74) is 1.93. The molecule has 7 nitrogen and oxygen atoms in total. The van der Waals surface area contributed by atoms with Crippen LogP contribution in [-0.2, 0) is 11.8 Å². The fraction of sp³-hybridized carbons (Fsp3) is 0.333. The number of thiazole rings is 1. The molecule has 4 aromatic rings. The van der Waals surface area contributed by atoms with Crippen LogP contribution in [0, 0.1) is 11.6 Å². The first-order valence-electron chi connectivity index (χ1n) is 10.9. The number of benzene rings is 1. The standard InChI is InChI=1S/C24H23F2N5O2S/c1-30(2)24-29-23-21(34-24)20(16-6-5-15(25)11-17(16)26)27-22(28-23)13-8-9-33-18(10-13)14-4-7-19(32)31(3)12-14/h4-7,11-13,18H,8-10H2,1-3H3/t13-,18-/m1/s1. The molecule has 176 valence electrons. The van der Waals surface area contributed by atoms with Gasteiger partial charge in [-0.3, -0.25) is 4.79 Å². The summed E-state index contributed by atoms with van der Waals surface area (Å²) < 4.78 is 36.5. The van der Waals surface area contributed by atoms with Crippen molar-refractivity contribution in [1.82, 2.24) is 19.5 Å². The summed E-state index contributed by atoms with van der Waals surface area (Å²) in [6.45, 7) is 0.500. The summed E-state index contributed by atoms with van der Waals surface area (Å²) in [7, 11) is 5.46. The predicted octanol–water partition coefficient (Wildman–Crippen LogP) is 4.43. The van der Waals surface area contributed by atoms with E-state index >= 15 is 0 Å². The highest BCUT2D eigenvalue weighted by Gasteiger charge is 2.29. The lowest BCUT2D eigenvalue weighted by molar-refractivity contribution is 0.00365. The molecular weight excluding hydrogens is 460 g/mol. The molecule has 10 heteroatoms. The topological polar surface area (TPSA) is 73.1 Å². The van der Waals surface area contributed by atoms with Crippen LogP contribution in [-0.4, -0.2) is 40.2 Å². The molecule has 0 radical (unpaired) electrons. The molecule has 0 saturated carbocycles. The Morgan fingerprint density at radius 2 is 1.97 bits per heavy atom. The van der Waals surface area contributed by atoms with Gasteiger partial charge in [0.25, 0.3) is 0 Å². The van der Waals surface area contributed by atoms with Gasteiger partial charge in [-0.25, -0.2) is 18.7 Å². The minimum Gasteiger partial charge on any atom is -0.373 e. The van der Waals surface area contributed by atoms with Crippen molar-refractivity contribution in [3.8, 4) is 11.3 Å². The zero-order valence-corrected chi connectivity index (χ0v) is 19.8. The maximum Gasteiger partial charge on any atom is 0.250 e. The number of rotatable bonds is 4. The van der Waals surface area contributed by atoms with Gasteiger partial charge in [-0.2, -0.15) is 4.98 Å². The molecule has 1 saturated heterocycles. The molecular formula is C24H23F2N5O2S. The number of ether oxygens (including phenoxy) is 1. The molecule has 0 amide bonds. The second kappa shape index (κ2) is 8.84. The number of nitrogens with zero attached hydrogens (tertiary/aromatic N) is 5. The maximum absolute atomic E-state index is 14.8. The Balaban J connectivity index is 1.59. The van der Waals surface area contributed by atoms with E-state index in [9.17, 15) is 13.6 Å². The van der Waals surface area contributed by atoms with Crippen LogP contribution < -0.4 is 10.5 Å². The van der Waals surface area contributed by atoms with Crippen LogP contribution in [0.4, 0.5) is 13.9 Å². The minimum atomic E-state index is -0.680. The van der Waals surface area contributed by atoms with Gasteiger partial charge in [0.2, 0.25) is 5.56 Å². The normalized spacial score (nSPS) is 18.4. The van der Waals surface area contributed by atoms with E-state index in [0.717, 1.165) is 16.8 Å². The van der Waals surface area contributed by atoms with Crippen LogP contribution in [0.25, 0.3) is 21.6 Å². The average Bonchev–Trinajstić information content (AvgIpc) is 3.25.